The first-order valence-corrected chi connectivity index (χ1v) is 3.80. The van der Waals surface area contributed by atoms with Crippen molar-refractivity contribution in [3.05, 3.63) is 24.0 Å². The molecular formula is C8H9N3O. The van der Waals surface area contributed by atoms with E-state index < -0.39 is 0 Å². The van der Waals surface area contributed by atoms with Crippen LogP contribution in [0.4, 0.5) is 0 Å². The second-order valence-electron chi connectivity index (χ2n) is 2.53. The average Bonchev–Trinajstić information content (AvgIpc) is 2.57. The Morgan fingerprint density at radius 2 is 2.42 bits per heavy atom. The molecule has 2 heterocycles. The zero-order valence-electron chi connectivity index (χ0n) is 6.49. The SMILES string of the molecule is Oc1cccnc1C1=NCCN1. The van der Waals surface area contributed by atoms with Crippen molar-refractivity contribution in [3.8, 4) is 5.75 Å². The number of amidine groups is 1. The molecule has 0 aliphatic carbocycles. The summed E-state index contributed by atoms with van der Waals surface area (Å²) in [6, 6.07) is 3.29. The van der Waals surface area contributed by atoms with Crippen LogP contribution in [0.3, 0.4) is 0 Å². The topological polar surface area (TPSA) is 57.5 Å². The lowest BCUT2D eigenvalue weighted by Crippen LogP contribution is -2.20. The Morgan fingerprint density at radius 3 is 3.08 bits per heavy atom. The predicted molar refractivity (Wildman–Crippen MR) is 45.3 cm³/mol. The van der Waals surface area contributed by atoms with Gasteiger partial charge in [-0.1, -0.05) is 0 Å². The maximum Gasteiger partial charge on any atom is 0.151 e. The van der Waals surface area contributed by atoms with Crippen molar-refractivity contribution in [2.75, 3.05) is 13.1 Å². The molecule has 12 heavy (non-hydrogen) atoms. The minimum atomic E-state index is 0.172. The van der Waals surface area contributed by atoms with E-state index in [9.17, 15) is 5.11 Å². The predicted octanol–water partition coefficient (Wildman–Crippen LogP) is 0.137. The van der Waals surface area contributed by atoms with Gasteiger partial charge in [0, 0.05) is 12.7 Å². The monoisotopic (exact) mass is 163 g/mol. The molecule has 4 nitrogen and oxygen atoms in total. The summed E-state index contributed by atoms with van der Waals surface area (Å²) in [5.41, 5.74) is 0.537. The quantitative estimate of drug-likeness (QED) is 0.619. The third kappa shape index (κ3) is 1.11. The summed E-state index contributed by atoms with van der Waals surface area (Å²) >= 11 is 0. The molecule has 0 aromatic carbocycles. The Bertz CT molecular complexity index is 322. The highest BCUT2D eigenvalue weighted by Gasteiger charge is 2.12. The zero-order valence-corrected chi connectivity index (χ0v) is 6.49. The molecule has 0 radical (unpaired) electrons. The average molecular weight is 163 g/mol. The first kappa shape index (κ1) is 7.09. The van der Waals surface area contributed by atoms with Crippen molar-refractivity contribution in [2.45, 2.75) is 0 Å². The summed E-state index contributed by atoms with van der Waals surface area (Å²) in [5, 5.41) is 12.4. The number of rotatable bonds is 1. The van der Waals surface area contributed by atoms with Crippen LogP contribution in [0.1, 0.15) is 5.69 Å². The maximum atomic E-state index is 9.39. The number of hydrogen-bond acceptors (Lipinski definition) is 4. The smallest absolute Gasteiger partial charge is 0.151 e. The van der Waals surface area contributed by atoms with Crippen molar-refractivity contribution < 1.29 is 5.11 Å². The van der Waals surface area contributed by atoms with Crippen LogP contribution in [0, 0.1) is 0 Å². The Hall–Kier alpha value is -1.58. The van der Waals surface area contributed by atoms with E-state index in [1.807, 2.05) is 0 Å². The highest BCUT2D eigenvalue weighted by molar-refractivity contribution is 6.00. The van der Waals surface area contributed by atoms with Crippen molar-refractivity contribution in [3.63, 3.8) is 0 Å². The fraction of sp³-hybridized carbons (Fsp3) is 0.250. The summed E-state index contributed by atoms with van der Waals surface area (Å²) in [6.45, 7) is 1.58. The molecule has 0 saturated heterocycles. The first-order chi connectivity index (χ1) is 5.88. The zero-order chi connectivity index (χ0) is 8.39. The van der Waals surface area contributed by atoms with Crippen LogP contribution < -0.4 is 5.32 Å². The van der Waals surface area contributed by atoms with Gasteiger partial charge in [-0.2, -0.15) is 0 Å². The molecule has 0 saturated carbocycles. The van der Waals surface area contributed by atoms with Gasteiger partial charge >= 0.3 is 0 Å². The van der Waals surface area contributed by atoms with Crippen LogP contribution in [-0.4, -0.2) is 29.0 Å². The summed E-state index contributed by atoms with van der Waals surface area (Å²) in [6.07, 6.45) is 1.64. The number of aliphatic imine (C=N–C) groups is 1. The minimum absolute atomic E-state index is 0.172. The van der Waals surface area contributed by atoms with E-state index in [4.69, 9.17) is 0 Å². The normalized spacial score (nSPS) is 15.5. The van der Waals surface area contributed by atoms with Crippen LogP contribution in [0.25, 0.3) is 0 Å². The lowest BCUT2D eigenvalue weighted by atomic mass is 10.3. The summed E-state index contributed by atoms with van der Waals surface area (Å²) in [4.78, 5) is 8.17. The molecule has 2 rings (SSSR count). The van der Waals surface area contributed by atoms with Crippen molar-refractivity contribution >= 4 is 5.84 Å². The van der Waals surface area contributed by atoms with Gasteiger partial charge in [0.15, 0.2) is 5.84 Å². The van der Waals surface area contributed by atoms with Crippen LogP contribution >= 0.6 is 0 Å². The van der Waals surface area contributed by atoms with Gasteiger partial charge in [0.1, 0.15) is 11.4 Å². The second kappa shape index (κ2) is 2.81. The standard InChI is InChI=1S/C8H9N3O/c12-6-2-1-3-9-7(6)8-10-4-5-11-8/h1-3,12H,4-5H2,(H,10,11). The van der Waals surface area contributed by atoms with E-state index >= 15 is 0 Å². The molecule has 1 aliphatic heterocycles. The third-order valence-corrected chi connectivity index (χ3v) is 1.68. The first-order valence-electron chi connectivity index (χ1n) is 3.80. The number of pyridine rings is 1. The highest BCUT2D eigenvalue weighted by Crippen LogP contribution is 2.13. The van der Waals surface area contributed by atoms with Crippen LogP contribution in [0.5, 0.6) is 5.75 Å². The van der Waals surface area contributed by atoms with Gasteiger partial charge in [-0.3, -0.25) is 4.99 Å². The maximum absolute atomic E-state index is 9.39. The van der Waals surface area contributed by atoms with Gasteiger partial charge in [0.05, 0.1) is 6.54 Å². The van der Waals surface area contributed by atoms with Crippen molar-refractivity contribution in [2.24, 2.45) is 4.99 Å². The lowest BCUT2D eigenvalue weighted by Gasteiger charge is -2.02. The molecule has 0 atom stereocenters. The van der Waals surface area contributed by atoms with E-state index in [1.165, 1.54) is 0 Å². The summed E-state index contributed by atoms with van der Waals surface area (Å²) in [7, 11) is 0. The van der Waals surface area contributed by atoms with E-state index in [0.717, 1.165) is 13.1 Å². The van der Waals surface area contributed by atoms with Gasteiger partial charge in [-0.05, 0) is 12.1 Å². The molecule has 1 aromatic heterocycles. The molecule has 4 heteroatoms. The largest absolute Gasteiger partial charge is 0.506 e. The number of aromatic hydroxyl groups is 1. The molecule has 0 amide bonds. The van der Waals surface area contributed by atoms with Gasteiger partial charge < -0.3 is 10.4 Å². The Labute approximate surface area is 70.0 Å². The number of nitrogens with one attached hydrogen (secondary N) is 1. The fourth-order valence-electron chi connectivity index (χ4n) is 1.14. The molecule has 1 aliphatic rings. The molecule has 1 aromatic rings. The molecule has 0 unspecified atom stereocenters. The lowest BCUT2D eigenvalue weighted by molar-refractivity contribution is 0.471. The Balaban J connectivity index is 2.39. The molecule has 0 bridgehead atoms. The van der Waals surface area contributed by atoms with Crippen LogP contribution in [-0.2, 0) is 0 Å². The number of nitrogens with zero attached hydrogens (tertiary/aromatic N) is 2. The molecule has 0 spiro atoms. The van der Waals surface area contributed by atoms with Crippen LogP contribution in [0.15, 0.2) is 23.3 Å². The van der Waals surface area contributed by atoms with Gasteiger partial charge in [0.2, 0.25) is 0 Å². The van der Waals surface area contributed by atoms with E-state index in [0.29, 0.717) is 11.5 Å². The molecule has 62 valence electrons. The van der Waals surface area contributed by atoms with Gasteiger partial charge in [-0.15, -0.1) is 0 Å². The Morgan fingerprint density at radius 1 is 1.50 bits per heavy atom. The number of hydrogen-bond donors (Lipinski definition) is 2. The Kier molecular flexibility index (Phi) is 1.66. The number of aromatic nitrogens is 1. The fourth-order valence-corrected chi connectivity index (χ4v) is 1.14. The molecule has 2 N–H and O–H groups in total. The minimum Gasteiger partial charge on any atom is -0.506 e. The summed E-state index contributed by atoms with van der Waals surface area (Å²) < 4.78 is 0. The van der Waals surface area contributed by atoms with Crippen molar-refractivity contribution in [1.82, 2.24) is 10.3 Å². The molecular weight excluding hydrogens is 154 g/mol. The molecule has 0 fully saturated rings. The van der Waals surface area contributed by atoms with E-state index in [-0.39, 0.29) is 5.75 Å². The van der Waals surface area contributed by atoms with E-state index in [2.05, 4.69) is 15.3 Å². The van der Waals surface area contributed by atoms with Crippen molar-refractivity contribution in [1.29, 1.82) is 0 Å². The van der Waals surface area contributed by atoms with Gasteiger partial charge in [0.25, 0.3) is 0 Å². The highest BCUT2D eigenvalue weighted by atomic mass is 16.3. The third-order valence-electron chi connectivity index (χ3n) is 1.68. The van der Waals surface area contributed by atoms with Crippen LogP contribution in [0.2, 0.25) is 0 Å². The van der Waals surface area contributed by atoms with E-state index in [1.54, 1.807) is 18.3 Å². The second-order valence-corrected chi connectivity index (χ2v) is 2.53. The van der Waals surface area contributed by atoms with Gasteiger partial charge in [-0.25, -0.2) is 4.98 Å². The summed E-state index contributed by atoms with van der Waals surface area (Å²) in [5.74, 6) is 0.860.